The van der Waals surface area contributed by atoms with Crippen molar-refractivity contribution in [3.63, 3.8) is 0 Å². The molecule has 1 atom stereocenters. The van der Waals surface area contributed by atoms with Gasteiger partial charge in [0.25, 0.3) is 0 Å². The average molecular weight is 499 g/mol. The molecule has 0 radical (unpaired) electrons. The monoisotopic (exact) mass is 498 g/mol. The van der Waals surface area contributed by atoms with Gasteiger partial charge >= 0.3 is 0 Å². The van der Waals surface area contributed by atoms with Crippen molar-refractivity contribution in [3.05, 3.63) is 108 Å². The molecule has 3 aromatic carbocycles. The lowest BCUT2D eigenvalue weighted by Crippen LogP contribution is -2.34. The number of aromatic amines is 1. The van der Waals surface area contributed by atoms with Crippen LogP contribution in [0.15, 0.2) is 85.3 Å². The van der Waals surface area contributed by atoms with Crippen molar-refractivity contribution in [3.8, 4) is 11.5 Å². The number of hydrogen-bond donors (Lipinski definition) is 5. The standard InChI is InChI=1S/C28H30N6O3/c1-36-25-15-21(9-12-24(25)37-17-19-5-3-2-4-6-19)26(28(35)32-14-13-23-16-31-18-33-23)34-22-10-7-20(8-11-22)27(29)30/h2-12,15-16,18,26,34H,13-14,17H2,1H3,(H3,29,30)(H,31,33)(H,32,35)/t26-/m0/s1. The number of amidine groups is 1. The Morgan fingerprint density at radius 3 is 2.54 bits per heavy atom. The number of benzene rings is 3. The van der Waals surface area contributed by atoms with Crippen molar-refractivity contribution >= 4 is 17.4 Å². The van der Waals surface area contributed by atoms with Gasteiger partial charge in [0.1, 0.15) is 18.5 Å². The Morgan fingerprint density at radius 1 is 1.08 bits per heavy atom. The van der Waals surface area contributed by atoms with Gasteiger partial charge < -0.3 is 30.8 Å². The molecule has 0 aliphatic heterocycles. The van der Waals surface area contributed by atoms with E-state index in [0.717, 1.165) is 11.3 Å². The van der Waals surface area contributed by atoms with E-state index in [1.165, 1.54) is 0 Å². The van der Waals surface area contributed by atoms with Crippen LogP contribution >= 0.6 is 0 Å². The van der Waals surface area contributed by atoms with Crippen LogP contribution < -0.4 is 25.8 Å². The van der Waals surface area contributed by atoms with Crippen LogP contribution in [0.25, 0.3) is 0 Å². The number of methoxy groups -OCH3 is 1. The number of nitrogens with two attached hydrogens (primary N) is 1. The summed E-state index contributed by atoms with van der Waals surface area (Å²) in [5.41, 5.74) is 9.57. The normalized spacial score (nSPS) is 11.4. The van der Waals surface area contributed by atoms with Gasteiger partial charge in [-0.25, -0.2) is 4.98 Å². The number of carbonyl (C=O) groups is 1. The largest absolute Gasteiger partial charge is 0.493 e. The molecule has 0 saturated heterocycles. The smallest absolute Gasteiger partial charge is 0.247 e. The van der Waals surface area contributed by atoms with Crippen LogP contribution in [0.3, 0.4) is 0 Å². The molecule has 4 rings (SSSR count). The Bertz CT molecular complexity index is 1310. The van der Waals surface area contributed by atoms with E-state index in [-0.39, 0.29) is 11.7 Å². The lowest BCUT2D eigenvalue weighted by molar-refractivity contribution is -0.121. The van der Waals surface area contributed by atoms with Gasteiger partial charge in [-0.2, -0.15) is 0 Å². The van der Waals surface area contributed by atoms with Crippen molar-refractivity contribution in [2.24, 2.45) is 5.73 Å². The molecule has 190 valence electrons. The van der Waals surface area contributed by atoms with E-state index in [1.807, 2.05) is 42.5 Å². The molecule has 1 amide bonds. The van der Waals surface area contributed by atoms with E-state index in [4.69, 9.17) is 20.6 Å². The summed E-state index contributed by atoms with van der Waals surface area (Å²) in [5.74, 6) is 0.891. The molecule has 0 bridgehead atoms. The highest BCUT2D eigenvalue weighted by Crippen LogP contribution is 2.32. The maximum Gasteiger partial charge on any atom is 0.247 e. The highest BCUT2D eigenvalue weighted by molar-refractivity contribution is 5.95. The number of nitrogens with zero attached hydrogens (tertiary/aromatic N) is 1. The number of rotatable bonds is 12. The summed E-state index contributed by atoms with van der Waals surface area (Å²) in [4.78, 5) is 20.4. The van der Waals surface area contributed by atoms with Crippen LogP contribution in [0.1, 0.15) is 28.4 Å². The number of ether oxygens (including phenoxy) is 2. The first-order chi connectivity index (χ1) is 18.0. The minimum absolute atomic E-state index is 0.0181. The van der Waals surface area contributed by atoms with Gasteiger partial charge in [-0.15, -0.1) is 0 Å². The van der Waals surface area contributed by atoms with Crippen LogP contribution in [0.2, 0.25) is 0 Å². The Balaban J connectivity index is 1.53. The van der Waals surface area contributed by atoms with Gasteiger partial charge in [-0.05, 0) is 47.5 Å². The van der Waals surface area contributed by atoms with Crippen molar-refractivity contribution < 1.29 is 14.3 Å². The Kier molecular flexibility index (Phi) is 8.38. The van der Waals surface area contributed by atoms with Gasteiger partial charge in [0.15, 0.2) is 11.5 Å². The first-order valence-corrected chi connectivity index (χ1v) is 11.8. The Hall–Kier alpha value is -4.79. The molecule has 9 nitrogen and oxygen atoms in total. The van der Waals surface area contributed by atoms with Crippen molar-refractivity contribution in [1.29, 1.82) is 5.41 Å². The third-order valence-corrected chi connectivity index (χ3v) is 5.78. The van der Waals surface area contributed by atoms with E-state index in [2.05, 4.69) is 20.6 Å². The number of nitrogen functional groups attached to an aromatic ring is 1. The number of nitrogens with one attached hydrogen (secondary N) is 4. The maximum absolute atomic E-state index is 13.3. The molecule has 1 heterocycles. The second-order valence-corrected chi connectivity index (χ2v) is 8.37. The highest BCUT2D eigenvalue weighted by Gasteiger charge is 2.22. The number of hydrogen-bond acceptors (Lipinski definition) is 6. The van der Waals surface area contributed by atoms with E-state index < -0.39 is 6.04 Å². The maximum atomic E-state index is 13.3. The van der Waals surface area contributed by atoms with Crippen molar-refractivity contribution in [2.45, 2.75) is 19.1 Å². The van der Waals surface area contributed by atoms with Crippen LogP contribution in [0.4, 0.5) is 5.69 Å². The van der Waals surface area contributed by atoms with Crippen LogP contribution in [0, 0.1) is 5.41 Å². The quantitative estimate of drug-likeness (QED) is 0.149. The topological polar surface area (TPSA) is 138 Å². The molecule has 1 aromatic heterocycles. The van der Waals surface area contributed by atoms with Gasteiger partial charge in [0, 0.05) is 36.1 Å². The number of imidazole rings is 1. The van der Waals surface area contributed by atoms with Gasteiger partial charge in [0.05, 0.1) is 13.4 Å². The second-order valence-electron chi connectivity index (χ2n) is 8.37. The number of anilines is 1. The van der Waals surface area contributed by atoms with Gasteiger partial charge in [-0.1, -0.05) is 36.4 Å². The first kappa shape index (κ1) is 25.3. The fraction of sp³-hybridized carbons (Fsp3) is 0.179. The first-order valence-electron chi connectivity index (χ1n) is 11.8. The molecule has 0 saturated carbocycles. The zero-order valence-electron chi connectivity index (χ0n) is 20.5. The molecule has 4 aromatic rings. The summed E-state index contributed by atoms with van der Waals surface area (Å²) in [6.07, 6.45) is 3.97. The third-order valence-electron chi connectivity index (χ3n) is 5.78. The Labute approximate surface area is 215 Å². The number of H-pyrrole nitrogens is 1. The summed E-state index contributed by atoms with van der Waals surface area (Å²) in [6.45, 7) is 0.840. The second kappa shape index (κ2) is 12.3. The minimum Gasteiger partial charge on any atom is -0.493 e. The predicted molar refractivity (Wildman–Crippen MR) is 143 cm³/mol. The molecular formula is C28H30N6O3. The molecule has 9 heteroatoms. The lowest BCUT2D eigenvalue weighted by atomic mass is 10.0. The fourth-order valence-electron chi connectivity index (χ4n) is 3.78. The zero-order chi connectivity index (χ0) is 26.0. The molecular weight excluding hydrogens is 468 g/mol. The van der Waals surface area contributed by atoms with E-state index in [9.17, 15) is 4.79 Å². The summed E-state index contributed by atoms with van der Waals surface area (Å²) < 4.78 is 11.6. The number of amides is 1. The summed E-state index contributed by atoms with van der Waals surface area (Å²) in [6, 6.07) is 21.7. The van der Waals surface area contributed by atoms with E-state index in [0.29, 0.717) is 47.9 Å². The van der Waals surface area contributed by atoms with Crippen LogP contribution in [0.5, 0.6) is 11.5 Å². The molecule has 0 aliphatic rings. The molecule has 37 heavy (non-hydrogen) atoms. The molecule has 0 spiro atoms. The average Bonchev–Trinajstić information content (AvgIpc) is 3.45. The van der Waals surface area contributed by atoms with Gasteiger partial charge in [0.2, 0.25) is 5.91 Å². The van der Waals surface area contributed by atoms with Gasteiger partial charge in [-0.3, -0.25) is 10.2 Å². The predicted octanol–water partition coefficient (Wildman–Crippen LogP) is 3.79. The summed E-state index contributed by atoms with van der Waals surface area (Å²) in [7, 11) is 1.57. The zero-order valence-corrected chi connectivity index (χ0v) is 20.5. The van der Waals surface area contributed by atoms with E-state index >= 15 is 0 Å². The van der Waals surface area contributed by atoms with Crippen LogP contribution in [-0.4, -0.2) is 35.4 Å². The highest BCUT2D eigenvalue weighted by atomic mass is 16.5. The van der Waals surface area contributed by atoms with Crippen molar-refractivity contribution in [1.82, 2.24) is 15.3 Å². The molecule has 0 aliphatic carbocycles. The minimum atomic E-state index is -0.706. The fourth-order valence-corrected chi connectivity index (χ4v) is 3.78. The number of aromatic nitrogens is 2. The summed E-state index contributed by atoms with van der Waals surface area (Å²) >= 11 is 0. The van der Waals surface area contributed by atoms with Crippen molar-refractivity contribution in [2.75, 3.05) is 19.0 Å². The summed E-state index contributed by atoms with van der Waals surface area (Å²) in [5, 5.41) is 13.9. The van der Waals surface area contributed by atoms with E-state index in [1.54, 1.807) is 50.0 Å². The van der Waals surface area contributed by atoms with Crippen LogP contribution in [-0.2, 0) is 17.8 Å². The molecule has 0 fully saturated rings. The lowest BCUT2D eigenvalue weighted by Gasteiger charge is -2.21. The Morgan fingerprint density at radius 2 is 1.86 bits per heavy atom. The SMILES string of the molecule is COc1cc([C@H](Nc2ccc(C(=N)N)cc2)C(=O)NCCc2cnc[nH]2)ccc1OCc1ccccc1. The number of carbonyl (C=O) groups excluding carboxylic acids is 1. The molecule has 6 N–H and O–H groups in total. The molecule has 0 unspecified atom stereocenters. The third kappa shape index (κ3) is 6.88.